The summed E-state index contributed by atoms with van der Waals surface area (Å²) < 4.78 is 11.4. The number of aliphatic hydroxyl groups is 1. The molecule has 3 aromatic rings. The van der Waals surface area contributed by atoms with Gasteiger partial charge in [0.25, 0.3) is 0 Å². The van der Waals surface area contributed by atoms with Gasteiger partial charge in [0.2, 0.25) is 11.8 Å². The molecule has 50 heavy (non-hydrogen) atoms. The molecule has 4 unspecified atom stereocenters. The van der Waals surface area contributed by atoms with E-state index < -0.39 is 30.1 Å². The van der Waals surface area contributed by atoms with Gasteiger partial charge in [-0.25, -0.2) is 9.59 Å². The highest BCUT2D eigenvalue weighted by atomic mass is 16.6. The van der Waals surface area contributed by atoms with Gasteiger partial charge in [-0.3, -0.25) is 9.59 Å². The van der Waals surface area contributed by atoms with Gasteiger partial charge in [0.1, 0.15) is 19.3 Å². The Bertz CT molecular complexity index is 1650. The molecule has 3 N–H and O–H groups in total. The first-order valence-electron chi connectivity index (χ1n) is 17.6. The summed E-state index contributed by atoms with van der Waals surface area (Å²) in [6.07, 6.45) is 5.98. The van der Waals surface area contributed by atoms with Crippen LogP contribution in [0.3, 0.4) is 0 Å². The van der Waals surface area contributed by atoms with Crippen LogP contribution in [-0.2, 0) is 30.3 Å². The van der Waals surface area contributed by atoms with Gasteiger partial charge in [-0.15, -0.1) is 0 Å². The molecular weight excluding hydrogens is 634 g/mol. The van der Waals surface area contributed by atoms with Gasteiger partial charge >= 0.3 is 12.1 Å². The van der Waals surface area contributed by atoms with Crippen LogP contribution in [0.5, 0.6) is 0 Å². The highest BCUT2D eigenvalue weighted by Crippen LogP contribution is 2.44. The van der Waals surface area contributed by atoms with Crippen molar-refractivity contribution in [2.75, 3.05) is 26.4 Å². The number of carbonyl (C=O) groups excluding carboxylic acids is 4. The van der Waals surface area contributed by atoms with Crippen LogP contribution in [0, 0.1) is 5.92 Å². The van der Waals surface area contributed by atoms with E-state index in [9.17, 15) is 24.3 Å². The smallest absolute Gasteiger partial charge is 0.407 e. The number of amides is 3. The Morgan fingerprint density at radius 2 is 1.62 bits per heavy atom. The van der Waals surface area contributed by atoms with Gasteiger partial charge in [0.05, 0.1) is 24.6 Å². The molecule has 6 rings (SSSR count). The molecule has 0 radical (unpaired) electrons. The fourth-order valence-corrected chi connectivity index (χ4v) is 7.33. The number of nitrogens with zero attached hydrogens (tertiary/aromatic N) is 1. The standard InChI is InChI=1S/C40H45N3O7/c44-24-29(22-27-12-3-1-4-13-27)41-37(45)23-28-14-5-2-6-20-36(39(47)49-25-30-15-11-21-43(30)38(28)46)42-40(48)50-26-35-33-18-9-7-16-31(33)32-17-8-10-19-34(32)35/h1-5,7-10,12-13,16-19,28-30,35-36,44H,6,11,14-15,20-26H2,(H,41,45)(H,42,48). The predicted molar refractivity (Wildman–Crippen MR) is 188 cm³/mol. The molecule has 2 aliphatic heterocycles. The van der Waals surface area contributed by atoms with E-state index in [1.54, 1.807) is 4.90 Å². The molecule has 0 bridgehead atoms. The zero-order valence-electron chi connectivity index (χ0n) is 28.2. The lowest BCUT2D eigenvalue weighted by atomic mass is 9.97. The van der Waals surface area contributed by atoms with Crippen molar-refractivity contribution in [2.24, 2.45) is 5.92 Å². The highest BCUT2D eigenvalue weighted by molar-refractivity contribution is 5.87. The summed E-state index contributed by atoms with van der Waals surface area (Å²) in [4.78, 5) is 55.0. The third-order valence-corrected chi connectivity index (χ3v) is 9.90. The van der Waals surface area contributed by atoms with Crippen molar-refractivity contribution in [3.8, 4) is 11.1 Å². The number of nitrogens with one attached hydrogen (secondary N) is 2. The lowest BCUT2D eigenvalue weighted by Crippen LogP contribution is -2.46. The maximum atomic E-state index is 13.8. The lowest BCUT2D eigenvalue weighted by molar-refractivity contribution is -0.150. The summed E-state index contributed by atoms with van der Waals surface area (Å²) >= 11 is 0. The second-order valence-corrected chi connectivity index (χ2v) is 13.3. The van der Waals surface area contributed by atoms with Crippen LogP contribution in [0.4, 0.5) is 4.79 Å². The molecule has 10 nitrogen and oxygen atoms in total. The number of carbonyl (C=O) groups is 4. The zero-order valence-corrected chi connectivity index (χ0v) is 28.2. The molecule has 0 aromatic heterocycles. The third kappa shape index (κ3) is 8.42. The summed E-state index contributed by atoms with van der Waals surface area (Å²) in [6.45, 7) is 0.423. The first-order valence-corrected chi connectivity index (χ1v) is 17.6. The number of benzene rings is 3. The molecule has 1 saturated heterocycles. The number of hydrogen-bond acceptors (Lipinski definition) is 7. The van der Waals surface area contributed by atoms with Gasteiger partial charge in [-0.2, -0.15) is 0 Å². The van der Waals surface area contributed by atoms with Crippen molar-refractivity contribution in [3.05, 3.63) is 108 Å². The minimum atomic E-state index is -0.928. The average molecular weight is 680 g/mol. The molecular formula is C40H45N3O7. The summed E-state index contributed by atoms with van der Waals surface area (Å²) in [5.74, 6) is -1.74. The number of hydrogen-bond donors (Lipinski definition) is 3. The van der Waals surface area contributed by atoms with Crippen molar-refractivity contribution in [1.29, 1.82) is 0 Å². The summed E-state index contributed by atoms with van der Waals surface area (Å²) in [6, 6.07) is 24.1. The van der Waals surface area contributed by atoms with Crippen molar-refractivity contribution >= 4 is 23.9 Å². The molecule has 10 heteroatoms. The van der Waals surface area contributed by atoms with Gasteiger partial charge in [-0.05, 0) is 66.3 Å². The highest BCUT2D eigenvalue weighted by Gasteiger charge is 2.36. The lowest BCUT2D eigenvalue weighted by Gasteiger charge is -2.29. The van der Waals surface area contributed by atoms with E-state index in [1.165, 1.54) is 0 Å². The van der Waals surface area contributed by atoms with E-state index in [1.807, 2.05) is 78.9 Å². The topological polar surface area (TPSA) is 134 Å². The molecule has 4 atom stereocenters. The van der Waals surface area contributed by atoms with Crippen LogP contribution in [0.2, 0.25) is 0 Å². The molecule has 262 valence electrons. The van der Waals surface area contributed by atoms with Crippen LogP contribution in [-0.4, -0.2) is 78.4 Å². The Balaban J connectivity index is 1.07. The summed E-state index contributed by atoms with van der Waals surface area (Å²) in [5.41, 5.74) is 5.44. The first-order chi connectivity index (χ1) is 24.4. The van der Waals surface area contributed by atoms with Crippen LogP contribution in [0.1, 0.15) is 61.1 Å². The Kier molecular flexibility index (Phi) is 11.6. The van der Waals surface area contributed by atoms with E-state index in [-0.39, 0.29) is 56.4 Å². The van der Waals surface area contributed by atoms with E-state index in [0.717, 1.165) is 34.2 Å². The average Bonchev–Trinajstić information content (AvgIpc) is 3.74. The number of aliphatic hydroxyl groups excluding tert-OH is 1. The van der Waals surface area contributed by atoms with E-state index in [2.05, 4.69) is 22.8 Å². The SMILES string of the molecule is O=C(CC1CC=CCCC(NC(=O)OCC2c3ccccc3-c3ccccc32)C(=O)OCC2CCCN2C1=O)NC(CO)Cc1ccccc1. The maximum absolute atomic E-state index is 13.8. The van der Waals surface area contributed by atoms with Gasteiger partial charge < -0.3 is 30.1 Å². The molecule has 3 aromatic carbocycles. The van der Waals surface area contributed by atoms with Crippen LogP contribution < -0.4 is 10.6 Å². The number of alkyl carbamates (subject to hydrolysis) is 1. The van der Waals surface area contributed by atoms with E-state index in [4.69, 9.17) is 9.47 Å². The van der Waals surface area contributed by atoms with E-state index >= 15 is 0 Å². The van der Waals surface area contributed by atoms with Crippen molar-refractivity contribution < 1.29 is 33.8 Å². The molecule has 3 amide bonds. The fourth-order valence-electron chi connectivity index (χ4n) is 7.33. The predicted octanol–water partition coefficient (Wildman–Crippen LogP) is 4.89. The number of rotatable bonds is 9. The normalized spacial score (nSPS) is 21.4. The van der Waals surface area contributed by atoms with E-state index in [0.29, 0.717) is 32.2 Å². The number of allylic oxidation sites excluding steroid dienone is 2. The zero-order chi connectivity index (χ0) is 34.9. The number of cyclic esters (lactones) is 1. The minimum Gasteiger partial charge on any atom is -0.462 e. The molecule has 0 spiro atoms. The second-order valence-electron chi connectivity index (χ2n) is 13.3. The fraction of sp³-hybridized carbons (Fsp3) is 0.400. The summed E-state index contributed by atoms with van der Waals surface area (Å²) in [5, 5.41) is 15.6. The van der Waals surface area contributed by atoms with Crippen LogP contribution in [0.25, 0.3) is 11.1 Å². The van der Waals surface area contributed by atoms with Crippen molar-refractivity contribution in [2.45, 2.75) is 69.0 Å². The van der Waals surface area contributed by atoms with Gasteiger partial charge in [-0.1, -0.05) is 91.0 Å². The van der Waals surface area contributed by atoms with Crippen molar-refractivity contribution in [1.82, 2.24) is 15.5 Å². The quantitative estimate of drug-likeness (QED) is 0.217. The van der Waals surface area contributed by atoms with Gasteiger partial charge in [0, 0.05) is 18.9 Å². The largest absolute Gasteiger partial charge is 0.462 e. The first kappa shape index (κ1) is 34.9. The number of ether oxygens (including phenoxy) is 2. The third-order valence-electron chi connectivity index (χ3n) is 9.90. The Morgan fingerprint density at radius 1 is 0.920 bits per heavy atom. The molecule has 2 heterocycles. The summed E-state index contributed by atoms with van der Waals surface area (Å²) in [7, 11) is 0. The Hall–Kier alpha value is -4.96. The number of esters is 1. The molecule has 0 saturated carbocycles. The van der Waals surface area contributed by atoms with Crippen molar-refractivity contribution in [3.63, 3.8) is 0 Å². The molecule has 1 aliphatic carbocycles. The van der Waals surface area contributed by atoms with Crippen LogP contribution in [0.15, 0.2) is 91.0 Å². The minimum absolute atomic E-state index is 0.00342. The van der Waals surface area contributed by atoms with Crippen LogP contribution >= 0.6 is 0 Å². The van der Waals surface area contributed by atoms with Gasteiger partial charge in [0.15, 0.2) is 0 Å². The molecule has 1 fully saturated rings. The monoisotopic (exact) mass is 679 g/mol. The Morgan fingerprint density at radius 3 is 2.34 bits per heavy atom. The number of fused-ring (bicyclic) bond motifs is 4. The maximum Gasteiger partial charge on any atom is 0.407 e. The Labute approximate surface area is 292 Å². The second kappa shape index (κ2) is 16.6. The molecule has 3 aliphatic rings.